The molecule has 1 aromatic rings. The third kappa shape index (κ3) is 3.13. The van der Waals surface area contributed by atoms with Gasteiger partial charge < -0.3 is 9.64 Å². The van der Waals surface area contributed by atoms with Gasteiger partial charge in [0.05, 0.1) is 18.0 Å². The number of hydrogen-bond donors (Lipinski definition) is 0. The summed E-state index contributed by atoms with van der Waals surface area (Å²) in [4.78, 5) is 16.2. The van der Waals surface area contributed by atoms with Crippen molar-refractivity contribution in [1.29, 1.82) is 0 Å². The fourth-order valence-electron chi connectivity index (χ4n) is 3.31. The molecule has 1 atom stereocenters. The summed E-state index contributed by atoms with van der Waals surface area (Å²) in [6, 6.07) is 6.42. The van der Waals surface area contributed by atoms with Gasteiger partial charge in [0, 0.05) is 45.8 Å². The molecule has 132 valence electrons. The summed E-state index contributed by atoms with van der Waals surface area (Å²) >= 11 is 0. The van der Waals surface area contributed by atoms with E-state index in [4.69, 9.17) is 4.74 Å². The van der Waals surface area contributed by atoms with Crippen LogP contribution in [0, 0.1) is 0 Å². The summed E-state index contributed by atoms with van der Waals surface area (Å²) in [6.45, 7) is 2.72. The van der Waals surface area contributed by atoms with Gasteiger partial charge in [-0.15, -0.1) is 0 Å². The first-order valence-electron chi connectivity index (χ1n) is 8.06. The molecule has 24 heavy (non-hydrogen) atoms. The first-order valence-corrected chi connectivity index (χ1v) is 9.51. The lowest BCUT2D eigenvalue weighted by molar-refractivity contribution is -0.131. The second-order valence-corrected chi connectivity index (χ2v) is 8.12. The second kappa shape index (κ2) is 6.70. The SMILES string of the molecule is COc1cccc(S(=O)(=O)N2CCN(C3CCN(C)C3=O)CC2)c1. The molecule has 1 unspecified atom stereocenters. The highest BCUT2D eigenvalue weighted by Gasteiger charge is 2.37. The number of likely N-dealkylation sites (tertiary alicyclic amines) is 1. The Labute approximate surface area is 142 Å². The highest BCUT2D eigenvalue weighted by atomic mass is 32.2. The van der Waals surface area contributed by atoms with Gasteiger partial charge in [0.2, 0.25) is 15.9 Å². The number of likely N-dealkylation sites (N-methyl/N-ethyl adjacent to an activating group) is 1. The lowest BCUT2D eigenvalue weighted by Crippen LogP contribution is -2.53. The maximum Gasteiger partial charge on any atom is 0.243 e. The lowest BCUT2D eigenvalue weighted by atomic mass is 10.2. The highest BCUT2D eigenvalue weighted by molar-refractivity contribution is 7.89. The number of carbonyl (C=O) groups excluding carboxylic acids is 1. The zero-order valence-electron chi connectivity index (χ0n) is 14.0. The van der Waals surface area contributed by atoms with Gasteiger partial charge in [-0.05, 0) is 18.6 Å². The smallest absolute Gasteiger partial charge is 0.243 e. The molecular formula is C16H23N3O4S. The number of nitrogens with zero attached hydrogens (tertiary/aromatic N) is 3. The van der Waals surface area contributed by atoms with Gasteiger partial charge in [0.1, 0.15) is 5.75 Å². The average Bonchev–Trinajstić information content (AvgIpc) is 2.94. The van der Waals surface area contributed by atoms with Crippen molar-refractivity contribution in [3.8, 4) is 5.75 Å². The van der Waals surface area contributed by atoms with E-state index in [2.05, 4.69) is 4.90 Å². The summed E-state index contributed by atoms with van der Waals surface area (Å²) in [5.74, 6) is 0.661. The largest absolute Gasteiger partial charge is 0.497 e. The monoisotopic (exact) mass is 353 g/mol. The second-order valence-electron chi connectivity index (χ2n) is 6.18. The molecule has 0 spiro atoms. The molecule has 0 aromatic heterocycles. The fourth-order valence-corrected chi connectivity index (χ4v) is 4.77. The van der Waals surface area contributed by atoms with Crippen LogP contribution in [0.1, 0.15) is 6.42 Å². The normalized spacial score (nSPS) is 23.7. The molecule has 3 rings (SSSR count). The molecule has 0 N–H and O–H groups in total. The highest BCUT2D eigenvalue weighted by Crippen LogP contribution is 2.23. The Morgan fingerprint density at radius 1 is 1.12 bits per heavy atom. The maximum absolute atomic E-state index is 12.8. The van der Waals surface area contributed by atoms with Crippen LogP contribution in [0.3, 0.4) is 0 Å². The van der Waals surface area contributed by atoms with Crippen LogP contribution in [0.4, 0.5) is 0 Å². The molecule has 7 nitrogen and oxygen atoms in total. The van der Waals surface area contributed by atoms with Crippen LogP contribution in [0.15, 0.2) is 29.2 Å². The van der Waals surface area contributed by atoms with Crippen LogP contribution >= 0.6 is 0 Å². The number of carbonyl (C=O) groups is 1. The van der Waals surface area contributed by atoms with Gasteiger partial charge in [-0.2, -0.15) is 4.31 Å². The molecule has 2 saturated heterocycles. The Bertz CT molecular complexity index is 714. The zero-order valence-corrected chi connectivity index (χ0v) is 14.8. The van der Waals surface area contributed by atoms with E-state index in [0.717, 1.165) is 13.0 Å². The van der Waals surface area contributed by atoms with Crippen molar-refractivity contribution in [2.24, 2.45) is 0 Å². The van der Waals surface area contributed by atoms with Gasteiger partial charge in [-0.25, -0.2) is 8.42 Å². The molecule has 2 aliphatic rings. The Morgan fingerprint density at radius 2 is 1.83 bits per heavy atom. The molecule has 0 radical (unpaired) electrons. The van der Waals surface area contributed by atoms with Crippen molar-refractivity contribution in [2.75, 3.05) is 46.9 Å². The van der Waals surface area contributed by atoms with E-state index in [1.165, 1.54) is 17.5 Å². The molecule has 0 aliphatic carbocycles. The third-order valence-electron chi connectivity index (χ3n) is 4.79. The van der Waals surface area contributed by atoms with E-state index in [0.29, 0.717) is 31.9 Å². The third-order valence-corrected chi connectivity index (χ3v) is 6.69. The number of ether oxygens (including phenoxy) is 1. The minimum absolute atomic E-state index is 0.100. The Morgan fingerprint density at radius 3 is 2.42 bits per heavy atom. The minimum Gasteiger partial charge on any atom is -0.497 e. The van der Waals surface area contributed by atoms with Crippen LogP contribution in [0.25, 0.3) is 0 Å². The van der Waals surface area contributed by atoms with Gasteiger partial charge >= 0.3 is 0 Å². The van der Waals surface area contributed by atoms with E-state index in [1.807, 2.05) is 7.05 Å². The fraction of sp³-hybridized carbons (Fsp3) is 0.562. The zero-order chi connectivity index (χ0) is 17.3. The van der Waals surface area contributed by atoms with Crippen molar-refractivity contribution < 1.29 is 17.9 Å². The predicted molar refractivity (Wildman–Crippen MR) is 89.4 cm³/mol. The summed E-state index contributed by atoms with van der Waals surface area (Å²) in [7, 11) is -0.209. The number of rotatable bonds is 4. The van der Waals surface area contributed by atoms with Crippen molar-refractivity contribution >= 4 is 15.9 Å². The van der Waals surface area contributed by atoms with Gasteiger partial charge in [-0.3, -0.25) is 9.69 Å². The van der Waals surface area contributed by atoms with Crippen molar-refractivity contribution in [2.45, 2.75) is 17.4 Å². The van der Waals surface area contributed by atoms with Crippen molar-refractivity contribution in [3.63, 3.8) is 0 Å². The molecular weight excluding hydrogens is 330 g/mol. The van der Waals surface area contributed by atoms with Crippen LogP contribution in [0.5, 0.6) is 5.75 Å². The van der Waals surface area contributed by atoms with Gasteiger partial charge in [0.25, 0.3) is 0 Å². The summed E-state index contributed by atoms with van der Waals surface area (Å²) in [6.07, 6.45) is 0.817. The summed E-state index contributed by atoms with van der Waals surface area (Å²) < 4.78 is 32.2. The standard InChI is InChI=1S/C16H23N3O4S/c1-17-7-6-15(16(17)20)18-8-10-19(11-9-18)24(21,22)14-5-3-4-13(12-14)23-2/h3-5,12,15H,6-11H2,1-2H3. The number of amides is 1. The Balaban J connectivity index is 1.68. The molecule has 8 heteroatoms. The number of methoxy groups -OCH3 is 1. The quantitative estimate of drug-likeness (QED) is 0.775. The topological polar surface area (TPSA) is 70.2 Å². The van der Waals surface area contributed by atoms with E-state index >= 15 is 0 Å². The van der Waals surface area contributed by atoms with E-state index in [1.54, 1.807) is 23.1 Å². The van der Waals surface area contributed by atoms with E-state index < -0.39 is 10.0 Å². The number of sulfonamides is 1. The lowest BCUT2D eigenvalue weighted by Gasteiger charge is -2.36. The van der Waals surface area contributed by atoms with Gasteiger partial charge in [0.15, 0.2) is 0 Å². The van der Waals surface area contributed by atoms with Crippen LogP contribution in [-0.2, 0) is 14.8 Å². The maximum atomic E-state index is 12.8. The number of hydrogen-bond acceptors (Lipinski definition) is 5. The molecule has 2 aliphatic heterocycles. The average molecular weight is 353 g/mol. The Hall–Kier alpha value is -1.64. The summed E-state index contributed by atoms with van der Waals surface area (Å²) in [5.41, 5.74) is 0. The van der Waals surface area contributed by atoms with Crippen LogP contribution in [-0.4, -0.2) is 81.4 Å². The molecule has 1 amide bonds. The molecule has 1 aromatic carbocycles. The number of piperazine rings is 1. The van der Waals surface area contributed by atoms with Gasteiger partial charge in [-0.1, -0.05) is 6.07 Å². The van der Waals surface area contributed by atoms with Crippen molar-refractivity contribution in [3.05, 3.63) is 24.3 Å². The molecule has 0 saturated carbocycles. The van der Waals surface area contributed by atoms with Crippen molar-refractivity contribution in [1.82, 2.24) is 14.1 Å². The summed E-state index contributed by atoms with van der Waals surface area (Å²) in [5, 5.41) is 0. The first-order chi connectivity index (χ1) is 11.4. The molecule has 0 bridgehead atoms. The number of benzene rings is 1. The van der Waals surface area contributed by atoms with Crippen LogP contribution in [0.2, 0.25) is 0 Å². The van der Waals surface area contributed by atoms with E-state index in [-0.39, 0.29) is 16.8 Å². The molecule has 2 heterocycles. The van der Waals surface area contributed by atoms with Crippen LogP contribution < -0.4 is 4.74 Å². The predicted octanol–water partition coefficient (Wildman–Crippen LogP) is 0.232. The molecule has 2 fully saturated rings. The Kier molecular flexibility index (Phi) is 4.80. The first kappa shape index (κ1) is 17.2. The van der Waals surface area contributed by atoms with E-state index in [9.17, 15) is 13.2 Å². The minimum atomic E-state index is -3.53.